The number of aliphatic carboxylic acids is 1. The summed E-state index contributed by atoms with van der Waals surface area (Å²) in [6, 6.07) is 7.95. The second-order valence-electron chi connectivity index (χ2n) is 4.19. The van der Waals surface area contributed by atoms with Gasteiger partial charge in [-0.25, -0.2) is 0 Å². The van der Waals surface area contributed by atoms with E-state index in [9.17, 15) is 9.59 Å². The second kappa shape index (κ2) is 7.48. The highest BCUT2D eigenvalue weighted by molar-refractivity contribution is 5.78. The number of carboxylic acids is 1. The highest BCUT2D eigenvalue weighted by Gasteiger charge is 2.03. The van der Waals surface area contributed by atoms with Crippen molar-refractivity contribution in [2.75, 3.05) is 6.54 Å². The van der Waals surface area contributed by atoms with Gasteiger partial charge in [-0.2, -0.15) is 0 Å². The van der Waals surface area contributed by atoms with Gasteiger partial charge in [-0.3, -0.25) is 9.59 Å². The van der Waals surface area contributed by atoms with E-state index in [1.165, 1.54) is 5.56 Å². The van der Waals surface area contributed by atoms with Crippen molar-refractivity contribution in [3.05, 3.63) is 35.4 Å². The minimum absolute atomic E-state index is 0.0652. The van der Waals surface area contributed by atoms with Crippen molar-refractivity contribution >= 4 is 11.9 Å². The number of amides is 1. The number of hydrogen-bond acceptors (Lipinski definition) is 2. The molecule has 0 saturated carbocycles. The van der Waals surface area contributed by atoms with Gasteiger partial charge < -0.3 is 10.4 Å². The summed E-state index contributed by atoms with van der Waals surface area (Å²) < 4.78 is 0. The number of carbonyl (C=O) groups excluding carboxylic acids is 1. The molecule has 0 radical (unpaired) electrons. The summed E-state index contributed by atoms with van der Waals surface area (Å²) in [5, 5.41) is 11.2. The van der Waals surface area contributed by atoms with Crippen LogP contribution in [0.1, 0.15) is 30.9 Å². The standard InChI is InChI=1S/C14H19NO3/c1-2-11-5-7-12(8-6-11)10-13(16)15-9-3-4-14(17)18/h5-8H,2-4,9-10H2,1H3,(H,15,16)(H,17,18). The van der Waals surface area contributed by atoms with Gasteiger partial charge in [0.1, 0.15) is 0 Å². The zero-order chi connectivity index (χ0) is 13.4. The average molecular weight is 249 g/mol. The minimum Gasteiger partial charge on any atom is -0.481 e. The lowest BCUT2D eigenvalue weighted by Gasteiger charge is -2.05. The summed E-state index contributed by atoms with van der Waals surface area (Å²) in [5.74, 6) is -0.899. The Hall–Kier alpha value is -1.84. The fourth-order valence-electron chi connectivity index (χ4n) is 1.61. The van der Waals surface area contributed by atoms with Crippen molar-refractivity contribution in [3.63, 3.8) is 0 Å². The molecular weight excluding hydrogens is 230 g/mol. The maximum absolute atomic E-state index is 11.6. The molecule has 0 aliphatic rings. The number of carbonyl (C=O) groups is 2. The summed E-state index contributed by atoms with van der Waals surface area (Å²) in [4.78, 5) is 21.8. The third-order valence-electron chi connectivity index (χ3n) is 2.69. The Bertz CT molecular complexity index is 398. The van der Waals surface area contributed by atoms with E-state index in [2.05, 4.69) is 12.2 Å². The van der Waals surface area contributed by atoms with Crippen LogP contribution in [0, 0.1) is 0 Å². The first kappa shape index (κ1) is 14.2. The van der Waals surface area contributed by atoms with E-state index < -0.39 is 5.97 Å². The minimum atomic E-state index is -0.834. The van der Waals surface area contributed by atoms with Crippen LogP contribution in [-0.4, -0.2) is 23.5 Å². The Labute approximate surface area is 107 Å². The van der Waals surface area contributed by atoms with E-state index in [1.807, 2.05) is 24.3 Å². The highest BCUT2D eigenvalue weighted by atomic mass is 16.4. The van der Waals surface area contributed by atoms with E-state index in [0.29, 0.717) is 19.4 Å². The van der Waals surface area contributed by atoms with Crippen molar-refractivity contribution in [1.29, 1.82) is 0 Å². The van der Waals surface area contributed by atoms with E-state index in [4.69, 9.17) is 5.11 Å². The number of nitrogens with one attached hydrogen (secondary N) is 1. The zero-order valence-corrected chi connectivity index (χ0v) is 10.6. The third-order valence-corrected chi connectivity index (χ3v) is 2.69. The van der Waals surface area contributed by atoms with Crippen LogP contribution in [0.15, 0.2) is 24.3 Å². The summed E-state index contributed by atoms with van der Waals surface area (Å²) in [6.07, 6.45) is 1.89. The third kappa shape index (κ3) is 5.48. The van der Waals surface area contributed by atoms with Crippen molar-refractivity contribution in [1.82, 2.24) is 5.32 Å². The molecule has 0 aliphatic heterocycles. The molecule has 4 heteroatoms. The molecule has 0 atom stereocenters. The lowest BCUT2D eigenvalue weighted by molar-refractivity contribution is -0.137. The summed E-state index contributed by atoms with van der Waals surface area (Å²) in [5.41, 5.74) is 2.23. The predicted octanol–water partition coefficient (Wildman–Crippen LogP) is 1.77. The highest BCUT2D eigenvalue weighted by Crippen LogP contribution is 2.05. The lowest BCUT2D eigenvalue weighted by atomic mass is 10.1. The molecular formula is C14H19NO3. The molecule has 1 aromatic carbocycles. The maximum atomic E-state index is 11.6. The lowest BCUT2D eigenvalue weighted by Crippen LogP contribution is -2.26. The molecule has 2 N–H and O–H groups in total. The van der Waals surface area contributed by atoms with Crippen LogP contribution in [0.25, 0.3) is 0 Å². The molecule has 18 heavy (non-hydrogen) atoms. The molecule has 0 aromatic heterocycles. The number of carboxylic acid groups (broad SMARTS) is 1. The van der Waals surface area contributed by atoms with Gasteiger partial charge in [0.2, 0.25) is 5.91 Å². The average Bonchev–Trinajstić information content (AvgIpc) is 2.35. The normalized spacial score (nSPS) is 10.1. The topological polar surface area (TPSA) is 66.4 Å². The number of benzene rings is 1. The fraction of sp³-hybridized carbons (Fsp3) is 0.429. The second-order valence-corrected chi connectivity index (χ2v) is 4.19. The van der Waals surface area contributed by atoms with E-state index >= 15 is 0 Å². The molecule has 0 heterocycles. The first-order chi connectivity index (χ1) is 8.61. The van der Waals surface area contributed by atoms with Gasteiger partial charge in [0.25, 0.3) is 0 Å². The molecule has 1 aromatic rings. The maximum Gasteiger partial charge on any atom is 0.303 e. The SMILES string of the molecule is CCc1ccc(CC(=O)NCCCC(=O)O)cc1. The monoisotopic (exact) mass is 249 g/mol. The molecule has 0 spiro atoms. The Morgan fingerprint density at radius 3 is 2.33 bits per heavy atom. The van der Waals surface area contributed by atoms with Crippen LogP contribution >= 0.6 is 0 Å². The quantitative estimate of drug-likeness (QED) is 0.724. The molecule has 4 nitrogen and oxygen atoms in total. The van der Waals surface area contributed by atoms with Gasteiger partial charge in [0.05, 0.1) is 6.42 Å². The fourth-order valence-corrected chi connectivity index (χ4v) is 1.61. The van der Waals surface area contributed by atoms with Crippen molar-refractivity contribution in [2.24, 2.45) is 0 Å². The number of rotatable bonds is 7. The van der Waals surface area contributed by atoms with Gasteiger partial charge in [0, 0.05) is 13.0 Å². The van der Waals surface area contributed by atoms with Crippen molar-refractivity contribution in [3.8, 4) is 0 Å². The molecule has 0 bridgehead atoms. The van der Waals surface area contributed by atoms with Crippen LogP contribution in [0.2, 0.25) is 0 Å². The van der Waals surface area contributed by atoms with Crippen molar-refractivity contribution in [2.45, 2.75) is 32.6 Å². The Kier molecular flexibility index (Phi) is 5.91. The molecule has 0 saturated heterocycles. The smallest absolute Gasteiger partial charge is 0.303 e. The zero-order valence-electron chi connectivity index (χ0n) is 10.6. The van der Waals surface area contributed by atoms with Crippen LogP contribution in [0.4, 0.5) is 0 Å². The molecule has 1 rings (SSSR count). The largest absolute Gasteiger partial charge is 0.481 e. The van der Waals surface area contributed by atoms with Crippen molar-refractivity contribution < 1.29 is 14.7 Å². The Balaban J connectivity index is 2.28. The van der Waals surface area contributed by atoms with Gasteiger partial charge in [-0.1, -0.05) is 31.2 Å². The van der Waals surface area contributed by atoms with E-state index in [-0.39, 0.29) is 12.3 Å². The first-order valence-electron chi connectivity index (χ1n) is 6.18. The summed E-state index contributed by atoms with van der Waals surface area (Å²) in [6.45, 7) is 2.50. The first-order valence-corrected chi connectivity index (χ1v) is 6.18. The number of hydrogen-bond donors (Lipinski definition) is 2. The van der Waals surface area contributed by atoms with Crippen LogP contribution in [0.3, 0.4) is 0 Å². The predicted molar refractivity (Wildman–Crippen MR) is 69.4 cm³/mol. The van der Waals surface area contributed by atoms with E-state index in [1.54, 1.807) is 0 Å². The van der Waals surface area contributed by atoms with Gasteiger partial charge in [-0.15, -0.1) is 0 Å². The van der Waals surface area contributed by atoms with Gasteiger partial charge in [-0.05, 0) is 24.0 Å². The van der Waals surface area contributed by atoms with Crippen LogP contribution < -0.4 is 5.32 Å². The van der Waals surface area contributed by atoms with E-state index in [0.717, 1.165) is 12.0 Å². The van der Waals surface area contributed by atoms with Crippen LogP contribution in [0.5, 0.6) is 0 Å². The van der Waals surface area contributed by atoms with Gasteiger partial charge >= 0.3 is 5.97 Å². The molecule has 98 valence electrons. The van der Waals surface area contributed by atoms with Crippen LogP contribution in [-0.2, 0) is 22.4 Å². The summed E-state index contributed by atoms with van der Waals surface area (Å²) >= 11 is 0. The molecule has 0 unspecified atom stereocenters. The summed E-state index contributed by atoms with van der Waals surface area (Å²) in [7, 11) is 0. The molecule has 1 amide bonds. The molecule has 0 fully saturated rings. The van der Waals surface area contributed by atoms with Gasteiger partial charge in [0.15, 0.2) is 0 Å². The molecule has 0 aliphatic carbocycles. The Morgan fingerprint density at radius 1 is 1.17 bits per heavy atom. The Morgan fingerprint density at radius 2 is 1.78 bits per heavy atom. The number of aryl methyl sites for hydroxylation is 1.